The molecular weight excluding hydrogens is 392 g/mol. The fraction of sp³-hybridized carbons (Fsp3) is 0.222. The molecule has 0 bridgehead atoms. The Hall–Kier alpha value is -3.47. The molecule has 2 aromatic heterocycles. The number of hydrogen-bond acceptors (Lipinski definition) is 9. The zero-order valence-electron chi connectivity index (χ0n) is 16.1. The van der Waals surface area contributed by atoms with Crippen LogP contribution in [0.3, 0.4) is 0 Å². The Balaban J connectivity index is 1.47. The highest BCUT2D eigenvalue weighted by Gasteiger charge is 2.12. The minimum absolute atomic E-state index is 0.150. The lowest BCUT2D eigenvalue weighted by molar-refractivity contribution is -0.118. The summed E-state index contributed by atoms with van der Waals surface area (Å²) in [5, 5.41) is 15.2. The topological polar surface area (TPSA) is 127 Å². The van der Waals surface area contributed by atoms with Crippen molar-refractivity contribution in [1.29, 1.82) is 0 Å². The van der Waals surface area contributed by atoms with E-state index >= 15 is 0 Å². The standard InChI is InChI=1S/C18H22N8O2S/c1-25(2)14-7-5-13(6-8-14)10-21-22-17-23-24-18(26(17)19)29-12-16(27)20-11-15-4-3-9-28-15/h3-10H,11-12,19H2,1-2H3,(H,20,27)(H,22,23)/b21-10+. The number of amides is 1. The quantitative estimate of drug-likeness (QED) is 0.208. The fourth-order valence-electron chi connectivity index (χ4n) is 2.25. The van der Waals surface area contributed by atoms with Crippen LogP contribution in [-0.2, 0) is 11.3 Å². The Bertz CT molecular complexity index is 951. The lowest BCUT2D eigenvalue weighted by atomic mass is 10.2. The molecule has 1 amide bonds. The smallest absolute Gasteiger partial charge is 0.264 e. The van der Waals surface area contributed by atoms with E-state index in [4.69, 9.17) is 10.3 Å². The molecule has 3 rings (SSSR count). The second-order valence-electron chi connectivity index (χ2n) is 6.18. The minimum atomic E-state index is -0.164. The van der Waals surface area contributed by atoms with Gasteiger partial charge in [-0.1, -0.05) is 23.9 Å². The number of benzene rings is 1. The molecule has 3 aromatic rings. The summed E-state index contributed by atoms with van der Waals surface area (Å²) < 4.78 is 6.41. The van der Waals surface area contributed by atoms with Gasteiger partial charge in [-0.2, -0.15) is 5.10 Å². The van der Waals surface area contributed by atoms with E-state index in [1.807, 2.05) is 43.3 Å². The average molecular weight is 414 g/mol. The van der Waals surface area contributed by atoms with Gasteiger partial charge in [-0.3, -0.25) is 4.79 Å². The van der Waals surface area contributed by atoms with Gasteiger partial charge in [0.05, 0.1) is 24.8 Å². The Morgan fingerprint density at radius 1 is 1.31 bits per heavy atom. The van der Waals surface area contributed by atoms with Crippen LogP contribution in [0, 0.1) is 0 Å². The minimum Gasteiger partial charge on any atom is -0.467 e. The van der Waals surface area contributed by atoms with Crippen molar-refractivity contribution in [3.63, 3.8) is 0 Å². The number of carbonyl (C=O) groups excluding carboxylic acids is 1. The van der Waals surface area contributed by atoms with Gasteiger partial charge in [-0.15, -0.1) is 10.2 Å². The van der Waals surface area contributed by atoms with Gasteiger partial charge in [0, 0.05) is 19.8 Å². The third kappa shape index (κ3) is 5.75. The normalized spacial score (nSPS) is 11.0. The maximum Gasteiger partial charge on any atom is 0.264 e. The van der Waals surface area contributed by atoms with Crippen molar-refractivity contribution < 1.29 is 9.21 Å². The number of aromatic nitrogens is 3. The van der Waals surface area contributed by atoms with Crippen molar-refractivity contribution in [3.8, 4) is 0 Å². The van der Waals surface area contributed by atoms with Gasteiger partial charge in [0.2, 0.25) is 11.1 Å². The molecule has 0 atom stereocenters. The van der Waals surface area contributed by atoms with Gasteiger partial charge in [0.1, 0.15) is 5.76 Å². The second-order valence-corrected chi connectivity index (χ2v) is 7.12. The highest BCUT2D eigenvalue weighted by Crippen LogP contribution is 2.16. The number of nitrogens with zero attached hydrogens (tertiary/aromatic N) is 5. The van der Waals surface area contributed by atoms with Crippen molar-refractivity contribution >= 4 is 35.5 Å². The van der Waals surface area contributed by atoms with Crippen LogP contribution in [-0.4, -0.2) is 46.8 Å². The Labute approximate surface area is 172 Å². The van der Waals surface area contributed by atoms with E-state index in [0.29, 0.717) is 17.5 Å². The Morgan fingerprint density at radius 3 is 2.79 bits per heavy atom. The SMILES string of the molecule is CN(C)c1ccc(/C=N/Nc2nnc(SCC(=O)NCc3ccco3)n2N)cc1. The van der Waals surface area contributed by atoms with Gasteiger partial charge >= 0.3 is 0 Å². The van der Waals surface area contributed by atoms with Gasteiger partial charge in [0.15, 0.2) is 0 Å². The molecule has 0 aliphatic heterocycles. The monoisotopic (exact) mass is 414 g/mol. The predicted molar refractivity (Wildman–Crippen MR) is 113 cm³/mol. The first-order chi connectivity index (χ1) is 14.0. The number of nitrogens with two attached hydrogens (primary N) is 1. The summed E-state index contributed by atoms with van der Waals surface area (Å²) in [5.41, 5.74) is 4.78. The number of nitrogens with one attached hydrogen (secondary N) is 2. The molecule has 29 heavy (non-hydrogen) atoms. The van der Waals surface area contributed by atoms with E-state index < -0.39 is 0 Å². The molecule has 0 saturated heterocycles. The van der Waals surface area contributed by atoms with E-state index in [2.05, 4.69) is 26.0 Å². The maximum atomic E-state index is 11.9. The van der Waals surface area contributed by atoms with Crippen molar-refractivity contribution in [2.24, 2.45) is 5.10 Å². The van der Waals surface area contributed by atoms with Crippen LogP contribution in [0.1, 0.15) is 11.3 Å². The van der Waals surface area contributed by atoms with Crippen LogP contribution < -0.4 is 21.5 Å². The molecule has 10 nitrogen and oxygen atoms in total. The number of nitrogen functional groups attached to an aromatic ring is 1. The molecule has 2 heterocycles. The number of carbonyl (C=O) groups is 1. The molecule has 0 aliphatic carbocycles. The van der Waals surface area contributed by atoms with E-state index in [1.165, 1.54) is 16.4 Å². The lowest BCUT2D eigenvalue weighted by Gasteiger charge is -2.11. The maximum absolute atomic E-state index is 11.9. The molecule has 0 saturated carbocycles. The highest BCUT2D eigenvalue weighted by atomic mass is 32.2. The molecule has 0 unspecified atom stereocenters. The summed E-state index contributed by atoms with van der Waals surface area (Å²) in [7, 11) is 3.97. The summed E-state index contributed by atoms with van der Waals surface area (Å²) in [6, 6.07) is 11.5. The molecule has 0 radical (unpaired) electrons. The van der Waals surface area contributed by atoms with Crippen LogP contribution in [0.15, 0.2) is 57.3 Å². The van der Waals surface area contributed by atoms with Crippen molar-refractivity contribution in [2.75, 3.05) is 36.0 Å². The Kier molecular flexibility index (Phi) is 6.74. The van der Waals surface area contributed by atoms with E-state index in [1.54, 1.807) is 24.6 Å². The average Bonchev–Trinajstić information content (AvgIpc) is 3.36. The number of hydrogen-bond donors (Lipinski definition) is 3. The van der Waals surface area contributed by atoms with Gasteiger partial charge in [-0.25, -0.2) is 10.1 Å². The zero-order chi connectivity index (χ0) is 20.6. The van der Waals surface area contributed by atoms with Crippen molar-refractivity contribution in [2.45, 2.75) is 11.7 Å². The van der Waals surface area contributed by atoms with Gasteiger partial charge in [-0.05, 0) is 29.8 Å². The molecule has 11 heteroatoms. The van der Waals surface area contributed by atoms with E-state index in [0.717, 1.165) is 11.3 Å². The summed E-state index contributed by atoms with van der Waals surface area (Å²) >= 11 is 1.17. The number of anilines is 2. The fourth-order valence-corrected chi connectivity index (χ4v) is 2.94. The first kappa shape index (κ1) is 20.3. The molecule has 0 fully saturated rings. The summed E-state index contributed by atoms with van der Waals surface area (Å²) in [6.07, 6.45) is 3.21. The third-order valence-corrected chi connectivity index (χ3v) is 4.77. The zero-order valence-corrected chi connectivity index (χ0v) is 16.9. The Morgan fingerprint density at radius 2 is 2.10 bits per heavy atom. The molecular formula is C18H22N8O2S. The highest BCUT2D eigenvalue weighted by molar-refractivity contribution is 7.99. The van der Waals surface area contributed by atoms with Gasteiger partial charge in [0.25, 0.3) is 5.95 Å². The summed E-state index contributed by atoms with van der Waals surface area (Å²) in [6.45, 7) is 0.332. The molecule has 0 spiro atoms. The van der Waals surface area contributed by atoms with Crippen LogP contribution in [0.5, 0.6) is 0 Å². The molecule has 4 N–H and O–H groups in total. The number of thioether (sulfide) groups is 1. The van der Waals surface area contributed by atoms with Crippen LogP contribution in [0.25, 0.3) is 0 Å². The largest absolute Gasteiger partial charge is 0.467 e. The molecule has 0 aliphatic rings. The first-order valence-electron chi connectivity index (χ1n) is 8.72. The third-order valence-electron chi connectivity index (χ3n) is 3.82. The van der Waals surface area contributed by atoms with Crippen LogP contribution in [0.2, 0.25) is 0 Å². The number of rotatable bonds is 9. The molecule has 1 aromatic carbocycles. The second kappa shape index (κ2) is 9.64. The van der Waals surface area contributed by atoms with Crippen LogP contribution in [0.4, 0.5) is 11.6 Å². The van der Waals surface area contributed by atoms with Gasteiger partial charge < -0.3 is 20.5 Å². The number of hydrazone groups is 1. The van der Waals surface area contributed by atoms with Crippen molar-refractivity contribution in [3.05, 3.63) is 54.0 Å². The summed E-state index contributed by atoms with van der Waals surface area (Å²) in [5.74, 6) is 6.90. The molecule has 152 valence electrons. The predicted octanol–water partition coefficient (Wildman–Crippen LogP) is 1.51. The summed E-state index contributed by atoms with van der Waals surface area (Å²) in [4.78, 5) is 13.9. The number of furan rings is 1. The van der Waals surface area contributed by atoms with Crippen molar-refractivity contribution in [1.82, 2.24) is 20.2 Å². The van der Waals surface area contributed by atoms with E-state index in [-0.39, 0.29) is 17.6 Å². The first-order valence-corrected chi connectivity index (χ1v) is 9.70. The van der Waals surface area contributed by atoms with E-state index in [9.17, 15) is 4.79 Å². The van der Waals surface area contributed by atoms with Crippen LogP contribution >= 0.6 is 11.8 Å². The lowest BCUT2D eigenvalue weighted by Crippen LogP contribution is -2.24.